The third-order valence-electron chi connectivity index (χ3n) is 4.20. The third-order valence-corrected chi connectivity index (χ3v) is 4.20. The summed E-state index contributed by atoms with van der Waals surface area (Å²) < 4.78 is 5.32. The number of imidazole rings is 1. The van der Waals surface area contributed by atoms with Gasteiger partial charge >= 0.3 is 0 Å². The molecule has 2 N–H and O–H groups in total. The van der Waals surface area contributed by atoms with E-state index in [0.29, 0.717) is 0 Å². The molecule has 0 radical (unpaired) electrons. The normalized spacial score (nSPS) is 11.2. The number of hydrogen-bond acceptors (Lipinski definition) is 6. The summed E-state index contributed by atoms with van der Waals surface area (Å²) in [6.07, 6.45) is 3.52. The van der Waals surface area contributed by atoms with Gasteiger partial charge < -0.3 is 15.0 Å². The number of pyridine rings is 1. The highest BCUT2D eigenvalue weighted by Crippen LogP contribution is 2.25. The van der Waals surface area contributed by atoms with Crippen molar-refractivity contribution in [2.45, 2.75) is 19.8 Å². The molecule has 3 aromatic heterocycles. The molecule has 4 rings (SSSR count). The first-order valence-corrected chi connectivity index (χ1v) is 8.59. The standard InChI is InChI=1S/C19H20N6O/c1-12-22-15-8-7-13(26-2)11-14(15)18(23-12)20-10-4-6-17-24-16-5-3-9-21-19(16)25-17/h3,5,7-9,11H,4,6,10H2,1-2H3,(H,20,22,23)(H,21,24,25). The van der Waals surface area contributed by atoms with Crippen LogP contribution in [0.4, 0.5) is 5.82 Å². The van der Waals surface area contributed by atoms with Gasteiger partial charge in [-0.3, -0.25) is 0 Å². The summed E-state index contributed by atoms with van der Waals surface area (Å²) in [4.78, 5) is 21.1. The maximum atomic E-state index is 5.32. The number of rotatable bonds is 6. The molecule has 0 fully saturated rings. The van der Waals surface area contributed by atoms with Gasteiger partial charge in [0.15, 0.2) is 5.65 Å². The summed E-state index contributed by atoms with van der Waals surface area (Å²) >= 11 is 0. The lowest BCUT2D eigenvalue weighted by Crippen LogP contribution is -2.07. The summed E-state index contributed by atoms with van der Waals surface area (Å²) in [5.41, 5.74) is 2.64. The van der Waals surface area contributed by atoms with E-state index in [1.165, 1.54) is 0 Å². The molecule has 0 amide bonds. The number of nitrogens with one attached hydrogen (secondary N) is 2. The average molecular weight is 348 g/mol. The minimum Gasteiger partial charge on any atom is -0.497 e. The molecule has 26 heavy (non-hydrogen) atoms. The number of H-pyrrole nitrogens is 1. The molecular weight excluding hydrogens is 328 g/mol. The van der Waals surface area contributed by atoms with E-state index in [4.69, 9.17) is 4.74 Å². The average Bonchev–Trinajstić information content (AvgIpc) is 3.07. The van der Waals surface area contributed by atoms with Crippen LogP contribution in [0, 0.1) is 6.92 Å². The van der Waals surface area contributed by atoms with E-state index in [1.807, 2.05) is 37.3 Å². The van der Waals surface area contributed by atoms with Crippen molar-refractivity contribution in [2.75, 3.05) is 19.0 Å². The van der Waals surface area contributed by atoms with Crippen LogP contribution in [0.5, 0.6) is 5.75 Å². The minimum absolute atomic E-state index is 0.744. The Morgan fingerprint density at radius 2 is 2.08 bits per heavy atom. The number of methoxy groups -OCH3 is 1. The largest absolute Gasteiger partial charge is 0.497 e. The lowest BCUT2D eigenvalue weighted by molar-refractivity contribution is 0.415. The van der Waals surface area contributed by atoms with E-state index in [-0.39, 0.29) is 0 Å². The van der Waals surface area contributed by atoms with Gasteiger partial charge in [-0.1, -0.05) is 0 Å². The lowest BCUT2D eigenvalue weighted by Gasteiger charge is -2.10. The monoisotopic (exact) mass is 348 g/mol. The van der Waals surface area contributed by atoms with Gasteiger partial charge in [-0.05, 0) is 43.7 Å². The van der Waals surface area contributed by atoms with Crippen molar-refractivity contribution in [3.8, 4) is 5.75 Å². The van der Waals surface area contributed by atoms with Crippen molar-refractivity contribution in [2.24, 2.45) is 0 Å². The Kier molecular flexibility index (Phi) is 4.35. The highest BCUT2D eigenvalue weighted by Gasteiger charge is 2.08. The smallest absolute Gasteiger partial charge is 0.177 e. The molecule has 1 aromatic carbocycles. The number of fused-ring (bicyclic) bond motifs is 2. The molecule has 0 saturated carbocycles. The van der Waals surface area contributed by atoms with Crippen LogP contribution >= 0.6 is 0 Å². The molecule has 0 atom stereocenters. The van der Waals surface area contributed by atoms with Crippen LogP contribution in [0.25, 0.3) is 22.1 Å². The number of ether oxygens (including phenoxy) is 1. The number of anilines is 1. The Bertz CT molecular complexity index is 1030. The van der Waals surface area contributed by atoms with Crippen molar-refractivity contribution in [1.29, 1.82) is 0 Å². The van der Waals surface area contributed by atoms with Gasteiger partial charge in [0, 0.05) is 24.5 Å². The first kappa shape index (κ1) is 16.3. The van der Waals surface area contributed by atoms with Crippen molar-refractivity contribution < 1.29 is 4.74 Å². The molecule has 0 spiro atoms. The number of hydrogen-bond donors (Lipinski definition) is 2. The van der Waals surface area contributed by atoms with E-state index < -0.39 is 0 Å². The first-order chi connectivity index (χ1) is 12.7. The van der Waals surface area contributed by atoms with Crippen molar-refractivity contribution in [3.63, 3.8) is 0 Å². The predicted octanol–water partition coefficient (Wildman–Crippen LogP) is 3.26. The molecule has 4 aromatic rings. The Hall–Kier alpha value is -3.22. The third kappa shape index (κ3) is 3.28. The second-order valence-corrected chi connectivity index (χ2v) is 6.09. The molecule has 0 aliphatic carbocycles. The van der Waals surface area contributed by atoms with Gasteiger partial charge in [0.05, 0.1) is 18.1 Å². The Balaban J connectivity index is 1.45. The number of aromatic nitrogens is 5. The fourth-order valence-electron chi connectivity index (χ4n) is 2.96. The second-order valence-electron chi connectivity index (χ2n) is 6.09. The molecule has 0 bridgehead atoms. The second kappa shape index (κ2) is 6.95. The topological polar surface area (TPSA) is 88.6 Å². The van der Waals surface area contributed by atoms with E-state index in [9.17, 15) is 0 Å². The number of nitrogens with zero attached hydrogens (tertiary/aromatic N) is 4. The lowest BCUT2D eigenvalue weighted by atomic mass is 10.2. The molecule has 132 valence electrons. The Morgan fingerprint density at radius 3 is 2.92 bits per heavy atom. The minimum atomic E-state index is 0.744. The predicted molar refractivity (Wildman–Crippen MR) is 102 cm³/mol. The van der Waals surface area contributed by atoms with Crippen molar-refractivity contribution >= 4 is 27.9 Å². The van der Waals surface area contributed by atoms with Crippen molar-refractivity contribution in [3.05, 3.63) is 48.2 Å². The van der Waals surface area contributed by atoms with Crippen LogP contribution in [0.3, 0.4) is 0 Å². The van der Waals surface area contributed by atoms with E-state index >= 15 is 0 Å². The summed E-state index contributed by atoms with van der Waals surface area (Å²) in [5, 5.41) is 4.38. The highest BCUT2D eigenvalue weighted by molar-refractivity contribution is 5.90. The van der Waals surface area contributed by atoms with Gasteiger partial charge in [0.25, 0.3) is 0 Å². The molecule has 7 nitrogen and oxygen atoms in total. The van der Waals surface area contributed by atoms with E-state index in [2.05, 4.69) is 30.2 Å². The summed E-state index contributed by atoms with van der Waals surface area (Å²) in [6.45, 7) is 2.68. The summed E-state index contributed by atoms with van der Waals surface area (Å²) in [5.74, 6) is 3.32. The molecule has 0 aliphatic heterocycles. The van der Waals surface area contributed by atoms with Crippen molar-refractivity contribution in [1.82, 2.24) is 24.9 Å². The maximum Gasteiger partial charge on any atom is 0.177 e. The quantitative estimate of drug-likeness (QED) is 0.520. The summed E-state index contributed by atoms with van der Waals surface area (Å²) in [6, 6.07) is 9.72. The summed E-state index contributed by atoms with van der Waals surface area (Å²) in [7, 11) is 1.66. The SMILES string of the molecule is COc1ccc2nc(C)nc(NCCCc3nc4ncccc4[nH]3)c2c1. The first-order valence-electron chi connectivity index (χ1n) is 8.59. The molecule has 0 unspecified atom stereocenters. The van der Waals surface area contributed by atoms with Crippen LogP contribution in [-0.2, 0) is 6.42 Å². The number of aryl methyl sites for hydroxylation is 2. The van der Waals surface area contributed by atoms with Gasteiger partial charge in [-0.2, -0.15) is 0 Å². The van der Waals surface area contributed by atoms with Gasteiger partial charge in [-0.25, -0.2) is 19.9 Å². The highest BCUT2D eigenvalue weighted by atomic mass is 16.5. The zero-order valence-electron chi connectivity index (χ0n) is 14.8. The van der Waals surface area contributed by atoms with E-state index in [0.717, 1.165) is 64.7 Å². The molecule has 3 heterocycles. The molecule has 0 saturated heterocycles. The van der Waals surface area contributed by atoms with Crippen LogP contribution in [0.2, 0.25) is 0 Å². The van der Waals surface area contributed by atoms with Gasteiger partial charge in [0.1, 0.15) is 23.2 Å². The Morgan fingerprint density at radius 1 is 1.15 bits per heavy atom. The molecular formula is C19H20N6O. The zero-order chi connectivity index (χ0) is 17.9. The number of aromatic amines is 1. The zero-order valence-corrected chi connectivity index (χ0v) is 14.8. The number of benzene rings is 1. The Labute approximate surface area is 150 Å². The van der Waals surface area contributed by atoms with Crippen LogP contribution in [0.1, 0.15) is 18.1 Å². The van der Waals surface area contributed by atoms with Crippen LogP contribution < -0.4 is 10.1 Å². The fraction of sp³-hybridized carbons (Fsp3) is 0.263. The van der Waals surface area contributed by atoms with Crippen LogP contribution in [-0.4, -0.2) is 38.6 Å². The fourth-order valence-corrected chi connectivity index (χ4v) is 2.96. The van der Waals surface area contributed by atoms with E-state index in [1.54, 1.807) is 13.3 Å². The maximum absolute atomic E-state index is 5.32. The van der Waals surface area contributed by atoms with Gasteiger partial charge in [-0.15, -0.1) is 0 Å². The van der Waals surface area contributed by atoms with Gasteiger partial charge in [0.2, 0.25) is 0 Å². The molecule has 7 heteroatoms. The molecule has 0 aliphatic rings. The van der Waals surface area contributed by atoms with Crippen LogP contribution in [0.15, 0.2) is 36.5 Å².